The van der Waals surface area contributed by atoms with Crippen LogP contribution >= 0.6 is 0 Å². The topological polar surface area (TPSA) is 92.7 Å². The lowest BCUT2D eigenvalue weighted by Crippen LogP contribution is -2.63. The van der Waals surface area contributed by atoms with Crippen LogP contribution in [0.25, 0.3) is 0 Å². The van der Waals surface area contributed by atoms with Gasteiger partial charge in [-0.15, -0.1) is 0 Å². The second-order valence-electron chi connectivity index (χ2n) is 15.4. The number of halogens is 8. The highest BCUT2D eigenvalue weighted by molar-refractivity contribution is 5.92. The molecule has 2 atom stereocenters. The number of nitrogens with two attached hydrogens (primary N) is 2. The van der Waals surface area contributed by atoms with Crippen molar-refractivity contribution in [1.82, 2.24) is 9.80 Å². The van der Waals surface area contributed by atoms with Crippen molar-refractivity contribution in [2.45, 2.75) is 60.2 Å². The van der Waals surface area contributed by atoms with Crippen molar-refractivity contribution in [3.63, 3.8) is 0 Å². The summed E-state index contributed by atoms with van der Waals surface area (Å²) in [5.74, 6) is -26.6. The van der Waals surface area contributed by atoms with Crippen LogP contribution < -0.4 is 11.5 Å². The first-order chi connectivity index (χ1) is 27.4. The highest BCUT2D eigenvalue weighted by atomic mass is 19.4. The lowest BCUT2D eigenvalue weighted by Gasteiger charge is -2.39. The molecule has 0 bridgehead atoms. The number of likely N-dealkylation sites (tertiary alicyclic amines) is 2. The van der Waals surface area contributed by atoms with Gasteiger partial charge in [0.05, 0.1) is 0 Å². The molecule has 14 heteroatoms. The van der Waals surface area contributed by atoms with Gasteiger partial charge in [0.1, 0.15) is 10.8 Å². The number of carbonyl (C=O) groups is 2. The van der Waals surface area contributed by atoms with Crippen LogP contribution in [0.2, 0.25) is 0 Å². The summed E-state index contributed by atoms with van der Waals surface area (Å²) >= 11 is 0. The molecule has 2 saturated heterocycles. The van der Waals surface area contributed by atoms with E-state index >= 15 is 35.1 Å². The van der Waals surface area contributed by atoms with Crippen molar-refractivity contribution in [2.24, 2.45) is 23.3 Å². The molecule has 6 nitrogen and oxygen atoms in total. The Labute approximate surface area is 332 Å². The van der Waals surface area contributed by atoms with E-state index < -0.39 is 84.1 Å². The molecule has 2 aliphatic heterocycles. The summed E-state index contributed by atoms with van der Waals surface area (Å²) < 4.78 is 122. The normalized spacial score (nSPS) is 19.0. The van der Waals surface area contributed by atoms with E-state index in [9.17, 15) is 9.59 Å². The third-order valence-electron chi connectivity index (χ3n) is 12.3. The van der Waals surface area contributed by atoms with Gasteiger partial charge in [-0.1, -0.05) is 121 Å². The van der Waals surface area contributed by atoms with E-state index in [1.54, 1.807) is 121 Å². The van der Waals surface area contributed by atoms with Crippen LogP contribution in [0.3, 0.4) is 0 Å². The van der Waals surface area contributed by atoms with E-state index in [-0.39, 0.29) is 39.0 Å². The molecule has 0 radical (unpaired) electrons. The van der Waals surface area contributed by atoms with Crippen molar-refractivity contribution >= 4 is 11.8 Å². The number of nitrogens with zero attached hydrogens (tertiary/aromatic N) is 2. The van der Waals surface area contributed by atoms with E-state index in [1.165, 1.54) is 9.80 Å². The van der Waals surface area contributed by atoms with E-state index in [1.807, 2.05) is 0 Å². The summed E-state index contributed by atoms with van der Waals surface area (Å²) in [6.45, 7) is -1.75. The maximum absolute atomic E-state index is 15.3. The largest absolute Gasteiger partial charge is 0.378 e. The lowest BCUT2D eigenvalue weighted by molar-refractivity contribution is -0.368. The Morgan fingerprint density at radius 1 is 0.483 bits per heavy atom. The second kappa shape index (κ2) is 16.4. The summed E-state index contributed by atoms with van der Waals surface area (Å²) in [6.07, 6.45) is -3.25. The molecule has 2 aliphatic rings. The average molecular weight is 815 g/mol. The maximum atomic E-state index is 15.3. The summed E-state index contributed by atoms with van der Waals surface area (Å²) in [7, 11) is 0. The molecule has 0 saturated carbocycles. The van der Waals surface area contributed by atoms with Gasteiger partial charge in [-0.3, -0.25) is 9.59 Å². The zero-order valence-electron chi connectivity index (χ0n) is 31.7. The first-order valence-electron chi connectivity index (χ1n) is 19.2. The molecule has 4 N–H and O–H groups in total. The SMILES string of the molecule is NC(=O)C(c1ccccc1)(c1ccccc1)C1CCN(CCC(F)(F)C(F)(F)C(F)(F)C(F)(F)CCN2CCC(C(C(N)=O)(c3ccccc3)c3ccccc3)C2)C1. The smallest absolute Gasteiger partial charge is 0.369 e. The zero-order valence-corrected chi connectivity index (χ0v) is 31.7. The van der Waals surface area contributed by atoms with Gasteiger partial charge in [-0.05, 0) is 60.0 Å². The molecule has 2 unspecified atom stereocenters. The maximum Gasteiger partial charge on any atom is 0.378 e. The summed E-state index contributed by atoms with van der Waals surface area (Å²) in [5.41, 5.74) is 11.4. The van der Waals surface area contributed by atoms with Crippen molar-refractivity contribution in [2.75, 3.05) is 39.3 Å². The van der Waals surface area contributed by atoms with Gasteiger partial charge in [0.15, 0.2) is 0 Å². The Kier molecular flexibility index (Phi) is 12.1. The molecule has 310 valence electrons. The number of hydrogen-bond donors (Lipinski definition) is 2. The van der Waals surface area contributed by atoms with Gasteiger partial charge < -0.3 is 21.3 Å². The number of benzene rings is 4. The minimum atomic E-state index is -6.43. The van der Waals surface area contributed by atoms with Crippen LogP contribution in [0, 0.1) is 11.8 Å². The van der Waals surface area contributed by atoms with Crippen LogP contribution in [0.15, 0.2) is 121 Å². The number of rotatable bonds is 17. The van der Waals surface area contributed by atoms with Gasteiger partial charge in [0.25, 0.3) is 0 Å². The fourth-order valence-corrected chi connectivity index (χ4v) is 9.20. The highest BCUT2D eigenvalue weighted by Crippen LogP contribution is 2.55. The second-order valence-corrected chi connectivity index (χ2v) is 15.4. The van der Waals surface area contributed by atoms with Crippen LogP contribution in [-0.4, -0.2) is 84.6 Å². The number of alkyl halides is 8. The Bertz CT molecular complexity index is 1780. The molecule has 0 spiro atoms. The van der Waals surface area contributed by atoms with E-state index in [2.05, 4.69) is 0 Å². The number of amides is 2. The summed E-state index contributed by atoms with van der Waals surface area (Å²) in [4.78, 5) is 29.3. The van der Waals surface area contributed by atoms with E-state index in [4.69, 9.17) is 11.5 Å². The Balaban J connectivity index is 1.13. The van der Waals surface area contributed by atoms with Crippen molar-refractivity contribution in [3.05, 3.63) is 144 Å². The van der Waals surface area contributed by atoms with Gasteiger partial charge in [0.2, 0.25) is 11.8 Å². The summed E-state index contributed by atoms with van der Waals surface area (Å²) in [5, 5.41) is 0. The molecular formula is C44H46F8N4O2. The predicted molar refractivity (Wildman–Crippen MR) is 204 cm³/mol. The lowest BCUT2D eigenvalue weighted by atomic mass is 9.64. The van der Waals surface area contributed by atoms with Gasteiger partial charge in [-0.2, -0.15) is 35.1 Å². The molecule has 4 aromatic carbocycles. The van der Waals surface area contributed by atoms with Crippen LogP contribution in [0.5, 0.6) is 0 Å². The summed E-state index contributed by atoms with van der Waals surface area (Å²) in [6, 6.07) is 34.2. The predicted octanol–water partition coefficient (Wildman–Crippen LogP) is 7.89. The molecule has 0 aromatic heterocycles. The molecule has 2 heterocycles. The minimum Gasteiger partial charge on any atom is -0.369 e. The van der Waals surface area contributed by atoms with Gasteiger partial charge in [-0.25, -0.2) is 0 Å². The molecule has 4 aromatic rings. The standard InChI is InChI=1S/C44H46F8N4O2/c45-39(46,23-27-55-25-21-35(29-55)41(37(53)57,31-13-5-1-6-14-31)32-15-7-2-8-16-32)43(49,50)44(51,52)40(47,48)24-28-56-26-22-36(30-56)42(38(54)58,33-17-9-3-10-18-33)34-19-11-4-12-20-34/h1-20,35-36H,21-30H2,(H2,53,57)(H2,54,58). The minimum absolute atomic E-state index is 0.0377. The van der Waals surface area contributed by atoms with Crippen molar-refractivity contribution in [1.29, 1.82) is 0 Å². The fraction of sp³-hybridized carbons (Fsp3) is 0.409. The first-order valence-corrected chi connectivity index (χ1v) is 19.2. The molecule has 2 fully saturated rings. The third kappa shape index (κ3) is 7.38. The number of primary amides is 2. The van der Waals surface area contributed by atoms with Gasteiger partial charge >= 0.3 is 23.7 Å². The molecule has 6 rings (SSSR count). The molecular weight excluding hydrogens is 768 g/mol. The Hall–Kier alpha value is -4.82. The number of hydrogen-bond acceptors (Lipinski definition) is 4. The van der Waals surface area contributed by atoms with Crippen LogP contribution in [-0.2, 0) is 20.4 Å². The van der Waals surface area contributed by atoms with Crippen molar-refractivity contribution < 1.29 is 44.7 Å². The quantitative estimate of drug-likeness (QED) is 0.106. The fourth-order valence-electron chi connectivity index (χ4n) is 9.20. The first kappa shape index (κ1) is 42.8. The van der Waals surface area contributed by atoms with E-state index in [0.29, 0.717) is 22.3 Å². The van der Waals surface area contributed by atoms with E-state index in [0.717, 1.165) is 0 Å². The highest BCUT2D eigenvalue weighted by Gasteiger charge is 2.79. The van der Waals surface area contributed by atoms with Crippen molar-refractivity contribution in [3.8, 4) is 0 Å². The molecule has 2 amide bonds. The Morgan fingerprint density at radius 2 is 0.741 bits per heavy atom. The van der Waals surface area contributed by atoms with Gasteiger partial charge in [0, 0.05) is 39.0 Å². The Morgan fingerprint density at radius 3 is 0.983 bits per heavy atom. The van der Waals surface area contributed by atoms with Crippen LogP contribution in [0.4, 0.5) is 35.1 Å². The monoisotopic (exact) mass is 814 g/mol. The zero-order chi connectivity index (χ0) is 42.0. The number of carbonyl (C=O) groups excluding carboxylic acids is 2. The average Bonchev–Trinajstić information content (AvgIpc) is 3.89. The molecule has 0 aliphatic carbocycles. The molecule has 58 heavy (non-hydrogen) atoms. The third-order valence-corrected chi connectivity index (χ3v) is 12.3. The van der Waals surface area contributed by atoms with Crippen LogP contribution in [0.1, 0.15) is 47.9 Å².